The summed E-state index contributed by atoms with van der Waals surface area (Å²) in [5.74, 6) is -1.30. The van der Waals surface area contributed by atoms with Crippen LogP contribution in [-0.2, 0) is 27.8 Å². The molecule has 0 spiro atoms. The lowest BCUT2D eigenvalue weighted by Gasteiger charge is -2.40. The van der Waals surface area contributed by atoms with Gasteiger partial charge in [-0.1, -0.05) is 12.8 Å². The molecule has 1 aromatic heterocycles. The summed E-state index contributed by atoms with van der Waals surface area (Å²) in [5.41, 5.74) is 1.44. The van der Waals surface area contributed by atoms with Gasteiger partial charge in [-0.05, 0) is 37.5 Å². The van der Waals surface area contributed by atoms with E-state index in [9.17, 15) is 27.1 Å². The monoisotopic (exact) mass is 496 g/mol. The predicted octanol–water partition coefficient (Wildman–Crippen LogP) is 2.76. The molecule has 1 amide bonds. The second-order valence-electron chi connectivity index (χ2n) is 9.20. The molecule has 1 saturated carbocycles. The number of rotatable bonds is 5. The van der Waals surface area contributed by atoms with Gasteiger partial charge in [0, 0.05) is 36.5 Å². The minimum atomic E-state index is -3.51. The zero-order chi connectivity index (χ0) is 24.0. The molecule has 34 heavy (non-hydrogen) atoms. The van der Waals surface area contributed by atoms with E-state index in [1.165, 1.54) is 0 Å². The third-order valence-corrected chi connectivity index (χ3v) is 9.04. The van der Waals surface area contributed by atoms with Crippen molar-refractivity contribution in [1.82, 2.24) is 19.4 Å². The van der Waals surface area contributed by atoms with E-state index >= 15 is 0 Å². The van der Waals surface area contributed by atoms with Crippen molar-refractivity contribution in [2.24, 2.45) is 0 Å². The molecule has 2 aromatic rings. The first-order chi connectivity index (χ1) is 16.2. The van der Waals surface area contributed by atoms with Crippen molar-refractivity contribution < 1.29 is 31.8 Å². The molecule has 184 valence electrons. The molecule has 12 heteroatoms. The zero-order valence-corrected chi connectivity index (χ0v) is 19.2. The van der Waals surface area contributed by atoms with Gasteiger partial charge in [0.05, 0.1) is 23.6 Å². The molecule has 2 N–H and O–H groups in total. The Morgan fingerprint density at radius 2 is 1.97 bits per heavy atom. The first-order valence-corrected chi connectivity index (χ1v) is 12.8. The van der Waals surface area contributed by atoms with Crippen LogP contribution in [-0.4, -0.2) is 57.6 Å². The van der Waals surface area contributed by atoms with E-state index in [1.54, 1.807) is 6.20 Å². The van der Waals surface area contributed by atoms with Gasteiger partial charge < -0.3 is 15.2 Å². The molecule has 3 atom stereocenters. The summed E-state index contributed by atoms with van der Waals surface area (Å²) in [5, 5.41) is 15.6. The maximum absolute atomic E-state index is 14.4. The Morgan fingerprint density at radius 1 is 1.21 bits per heavy atom. The van der Waals surface area contributed by atoms with E-state index in [0.29, 0.717) is 38.0 Å². The number of halogens is 2. The summed E-state index contributed by atoms with van der Waals surface area (Å²) >= 11 is 0. The fourth-order valence-corrected chi connectivity index (χ4v) is 7.00. The molecule has 0 bridgehead atoms. The fourth-order valence-electron chi connectivity index (χ4n) is 5.28. The van der Waals surface area contributed by atoms with E-state index in [0.717, 1.165) is 40.7 Å². The quantitative estimate of drug-likeness (QED) is 0.654. The molecular formula is C22H26F2N4O5S. The highest BCUT2D eigenvalue weighted by Gasteiger charge is 2.40. The van der Waals surface area contributed by atoms with Crippen molar-refractivity contribution in [2.45, 2.75) is 68.6 Å². The number of carbonyl (C=O) groups is 1. The summed E-state index contributed by atoms with van der Waals surface area (Å²) in [6, 6.07) is 2.02. The van der Waals surface area contributed by atoms with Crippen LogP contribution >= 0.6 is 0 Å². The lowest BCUT2D eigenvalue weighted by molar-refractivity contribution is -0.0602. The fraction of sp³-hybridized carbons (Fsp3) is 0.545. The first-order valence-electron chi connectivity index (χ1n) is 11.3. The Bertz CT molecular complexity index is 1170. The van der Waals surface area contributed by atoms with Crippen molar-refractivity contribution >= 4 is 16.1 Å². The van der Waals surface area contributed by atoms with Crippen molar-refractivity contribution in [3.05, 3.63) is 52.9 Å². The molecule has 0 unspecified atom stereocenters. The van der Waals surface area contributed by atoms with E-state index in [4.69, 9.17) is 4.74 Å². The van der Waals surface area contributed by atoms with E-state index in [1.807, 2.05) is 4.90 Å². The molecule has 2 aliphatic heterocycles. The number of benzene rings is 1. The van der Waals surface area contributed by atoms with E-state index in [2.05, 4.69) is 10.4 Å². The number of nitrogens with zero attached hydrogens (tertiary/aromatic N) is 3. The number of hydrogen-bond acceptors (Lipinski definition) is 6. The van der Waals surface area contributed by atoms with Gasteiger partial charge in [0.1, 0.15) is 17.7 Å². The second kappa shape index (κ2) is 8.90. The lowest BCUT2D eigenvalue weighted by atomic mass is 9.92. The third kappa shape index (κ3) is 4.29. The van der Waals surface area contributed by atoms with Gasteiger partial charge in [0.2, 0.25) is 0 Å². The molecule has 1 aliphatic carbocycles. The summed E-state index contributed by atoms with van der Waals surface area (Å²) < 4.78 is 60.7. The van der Waals surface area contributed by atoms with Gasteiger partial charge in [0.25, 0.3) is 10.0 Å². The normalized spacial score (nSPS) is 26.0. The average molecular weight is 497 g/mol. The van der Waals surface area contributed by atoms with Crippen molar-refractivity contribution in [2.75, 3.05) is 6.61 Å². The smallest absolute Gasteiger partial charge is 0.404 e. The highest BCUT2D eigenvalue weighted by atomic mass is 32.2. The number of carboxylic acid groups (broad SMARTS) is 1. The van der Waals surface area contributed by atoms with Crippen LogP contribution in [0.4, 0.5) is 13.6 Å². The minimum absolute atomic E-state index is 0.0321. The largest absolute Gasteiger partial charge is 0.465 e. The molecule has 2 fully saturated rings. The molecular weight excluding hydrogens is 470 g/mol. The van der Waals surface area contributed by atoms with Crippen LogP contribution in [0.5, 0.6) is 0 Å². The van der Waals surface area contributed by atoms with Gasteiger partial charge in [-0.3, -0.25) is 4.90 Å². The number of nitrogens with one attached hydrogen (secondary N) is 1. The van der Waals surface area contributed by atoms with Crippen LogP contribution < -0.4 is 5.32 Å². The maximum atomic E-state index is 14.4. The van der Waals surface area contributed by atoms with Crippen LogP contribution in [0.25, 0.3) is 0 Å². The summed E-state index contributed by atoms with van der Waals surface area (Å²) in [6.45, 7) is 1.03. The topological polar surface area (TPSA) is 114 Å². The Hall–Kier alpha value is -2.57. The van der Waals surface area contributed by atoms with Gasteiger partial charge in [-0.2, -0.15) is 9.19 Å². The second-order valence-corrected chi connectivity index (χ2v) is 11.3. The molecule has 1 saturated heterocycles. The Morgan fingerprint density at radius 3 is 2.68 bits per heavy atom. The predicted molar refractivity (Wildman–Crippen MR) is 116 cm³/mol. The number of aromatic nitrogens is 2. The van der Waals surface area contributed by atoms with Gasteiger partial charge in [-0.15, -0.1) is 0 Å². The van der Waals surface area contributed by atoms with Crippen LogP contribution in [0.1, 0.15) is 55.0 Å². The molecule has 9 nitrogen and oxygen atoms in total. The van der Waals surface area contributed by atoms with Crippen molar-refractivity contribution in [1.29, 1.82) is 0 Å². The van der Waals surface area contributed by atoms with Gasteiger partial charge in [-0.25, -0.2) is 22.0 Å². The Kier molecular flexibility index (Phi) is 6.07. The average Bonchev–Trinajstić information content (AvgIpc) is 3.52. The van der Waals surface area contributed by atoms with Crippen molar-refractivity contribution in [3.63, 3.8) is 0 Å². The lowest BCUT2D eigenvalue weighted by Crippen LogP contribution is -2.51. The molecule has 0 radical (unpaired) electrons. The Labute approximate surface area is 195 Å². The number of hydrogen-bond donors (Lipinski definition) is 2. The summed E-state index contributed by atoms with van der Waals surface area (Å²) in [7, 11) is -3.51. The highest BCUT2D eigenvalue weighted by Crippen LogP contribution is 2.35. The third-order valence-electron chi connectivity index (χ3n) is 7.02. The Balaban J connectivity index is 1.30. The SMILES string of the molecule is O=C(O)N[C@H]1C[C@@H](N2Cc3cn(S(=O)(=O)C4CCCC4)nc3C2)CO[C@@H]1c1cc(F)ccc1F. The van der Waals surface area contributed by atoms with E-state index < -0.39 is 45.1 Å². The van der Waals surface area contributed by atoms with E-state index in [-0.39, 0.29) is 18.2 Å². The van der Waals surface area contributed by atoms with Crippen LogP contribution in [0.3, 0.4) is 0 Å². The molecule has 3 aliphatic rings. The van der Waals surface area contributed by atoms with Gasteiger partial charge in [0.15, 0.2) is 0 Å². The zero-order valence-electron chi connectivity index (χ0n) is 18.4. The van der Waals surface area contributed by atoms with Gasteiger partial charge >= 0.3 is 6.09 Å². The summed E-state index contributed by atoms with van der Waals surface area (Å²) in [6.07, 6.45) is 2.77. The first kappa shape index (κ1) is 23.2. The number of fused-ring (bicyclic) bond motifs is 1. The standard InChI is InChI=1S/C22H26F2N4O5S/c23-14-5-6-18(24)17(7-14)21-19(25-22(29)30)8-15(12-33-21)27-9-13-10-28(26-20(13)11-27)34(31,32)16-3-1-2-4-16/h5-7,10,15-16,19,21,25H,1-4,8-9,11-12H2,(H,29,30)/t15-,19+,21-/m1/s1. The molecule has 5 rings (SSSR count). The van der Waals surface area contributed by atoms with Crippen LogP contribution in [0.15, 0.2) is 24.4 Å². The summed E-state index contributed by atoms with van der Waals surface area (Å²) in [4.78, 5) is 13.4. The van der Waals surface area contributed by atoms with Crippen LogP contribution in [0.2, 0.25) is 0 Å². The minimum Gasteiger partial charge on any atom is -0.465 e. The highest BCUT2D eigenvalue weighted by molar-refractivity contribution is 7.90. The molecule has 3 heterocycles. The van der Waals surface area contributed by atoms with Crippen LogP contribution in [0, 0.1) is 11.6 Å². The van der Waals surface area contributed by atoms with Crippen molar-refractivity contribution in [3.8, 4) is 0 Å². The number of ether oxygens (including phenoxy) is 1. The maximum Gasteiger partial charge on any atom is 0.404 e. The molecule has 1 aromatic carbocycles. The number of amides is 1.